The van der Waals surface area contributed by atoms with Gasteiger partial charge in [0.1, 0.15) is 0 Å². The molecule has 0 aromatic carbocycles. The minimum atomic E-state index is 0.834. The molecule has 0 fully saturated rings. The fourth-order valence-electron chi connectivity index (χ4n) is 0.891. The number of amidine groups is 1. The summed E-state index contributed by atoms with van der Waals surface area (Å²) in [5.41, 5.74) is 5.65. The van der Waals surface area contributed by atoms with E-state index in [1.54, 1.807) is 0 Å². The van der Waals surface area contributed by atoms with E-state index in [9.17, 15) is 0 Å². The van der Waals surface area contributed by atoms with Crippen LogP contribution in [0.4, 0.5) is 0 Å². The summed E-state index contributed by atoms with van der Waals surface area (Å²) in [7, 11) is 0. The topological polar surface area (TPSA) is 38.4 Å². The minimum Gasteiger partial charge on any atom is -0.387 e. The predicted molar refractivity (Wildman–Crippen MR) is 50.9 cm³/mol. The smallest absolute Gasteiger partial charge is 0.0937 e. The Morgan fingerprint density at radius 1 is 1.18 bits per heavy atom. The summed E-state index contributed by atoms with van der Waals surface area (Å²) in [5, 5.41) is 0. The highest BCUT2D eigenvalue weighted by molar-refractivity contribution is 5.80. The first kappa shape index (κ1) is 10.5. The molecule has 66 valence electrons. The van der Waals surface area contributed by atoms with Gasteiger partial charge in [0.15, 0.2) is 0 Å². The van der Waals surface area contributed by atoms with E-state index < -0.39 is 0 Å². The molecule has 0 aromatic rings. The van der Waals surface area contributed by atoms with Gasteiger partial charge in [-0.05, 0) is 12.8 Å². The van der Waals surface area contributed by atoms with Crippen LogP contribution in [-0.2, 0) is 0 Å². The molecule has 11 heavy (non-hydrogen) atoms. The maximum atomic E-state index is 5.65. The lowest BCUT2D eigenvalue weighted by molar-refractivity contribution is 0.737. The maximum Gasteiger partial charge on any atom is 0.0937 e. The van der Waals surface area contributed by atoms with E-state index in [1.807, 2.05) is 0 Å². The van der Waals surface area contributed by atoms with Gasteiger partial charge in [-0.2, -0.15) is 0 Å². The molecule has 0 saturated carbocycles. The van der Waals surface area contributed by atoms with Crippen LogP contribution < -0.4 is 5.73 Å². The Morgan fingerprint density at radius 3 is 2.45 bits per heavy atom. The van der Waals surface area contributed by atoms with E-state index >= 15 is 0 Å². The monoisotopic (exact) mass is 156 g/mol. The highest BCUT2D eigenvalue weighted by Gasteiger charge is 1.90. The second-order valence-corrected chi connectivity index (χ2v) is 2.83. The zero-order chi connectivity index (χ0) is 8.53. The molecule has 0 aliphatic carbocycles. The second-order valence-electron chi connectivity index (χ2n) is 2.83. The Labute approximate surface area is 69.9 Å². The lowest BCUT2D eigenvalue weighted by Crippen LogP contribution is -2.11. The van der Waals surface area contributed by atoms with Crippen LogP contribution >= 0.6 is 0 Å². The number of nitrogens with two attached hydrogens (primary N) is 1. The van der Waals surface area contributed by atoms with Crippen molar-refractivity contribution in [3.05, 3.63) is 0 Å². The Hall–Kier alpha value is -0.530. The Balaban J connectivity index is 3.27. The maximum absolute atomic E-state index is 5.65. The van der Waals surface area contributed by atoms with E-state index in [2.05, 4.69) is 18.8 Å². The van der Waals surface area contributed by atoms with Crippen LogP contribution in [0.3, 0.4) is 0 Å². The van der Waals surface area contributed by atoms with Crippen LogP contribution in [0, 0.1) is 0 Å². The SMILES string of the molecule is CCCCCC(N)=NCCC. The molecular formula is C9H20N2. The van der Waals surface area contributed by atoms with Crippen molar-refractivity contribution >= 4 is 5.84 Å². The number of aliphatic imine (C=N–C) groups is 1. The van der Waals surface area contributed by atoms with Crippen molar-refractivity contribution < 1.29 is 0 Å². The van der Waals surface area contributed by atoms with Crippen molar-refractivity contribution in [1.29, 1.82) is 0 Å². The molecule has 0 aliphatic rings. The van der Waals surface area contributed by atoms with Gasteiger partial charge >= 0.3 is 0 Å². The Morgan fingerprint density at radius 2 is 1.91 bits per heavy atom. The molecule has 0 saturated heterocycles. The molecular weight excluding hydrogens is 136 g/mol. The number of hydrogen-bond donors (Lipinski definition) is 1. The van der Waals surface area contributed by atoms with E-state index in [1.165, 1.54) is 19.3 Å². The molecule has 0 atom stereocenters. The molecule has 2 heteroatoms. The molecule has 0 amide bonds. The summed E-state index contributed by atoms with van der Waals surface area (Å²) in [6, 6.07) is 0. The van der Waals surface area contributed by atoms with Crippen molar-refractivity contribution in [3.63, 3.8) is 0 Å². The quantitative estimate of drug-likeness (QED) is 0.358. The number of unbranched alkanes of at least 4 members (excludes halogenated alkanes) is 2. The minimum absolute atomic E-state index is 0.834. The van der Waals surface area contributed by atoms with E-state index in [4.69, 9.17) is 5.73 Å². The Kier molecular flexibility index (Phi) is 7.21. The van der Waals surface area contributed by atoms with Crippen molar-refractivity contribution in [3.8, 4) is 0 Å². The highest BCUT2D eigenvalue weighted by atomic mass is 14.8. The molecule has 0 bridgehead atoms. The predicted octanol–water partition coefficient (Wildman–Crippen LogP) is 2.33. The van der Waals surface area contributed by atoms with Gasteiger partial charge in [-0.15, -0.1) is 0 Å². The van der Waals surface area contributed by atoms with Gasteiger partial charge in [0.2, 0.25) is 0 Å². The van der Waals surface area contributed by atoms with E-state index in [0.29, 0.717) is 0 Å². The molecule has 0 radical (unpaired) electrons. The Bertz CT molecular complexity index is 108. The molecule has 0 rings (SSSR count). The lowest BCUT2D eigenvalue weighted by Gasteiger charge is -1.98. The third kappa shape index (κ3) is 7.37. The van der Waals surface area contributed by atoms with Gasteiger partial charge in [-0.25, -0.2) is 0 Å². The summed E-state index contributed by atoms with van der Waals surface area (Å²) in [5.74, 6) is 0.834. The largest absolute Gasteiger partial charge is 0.387 e. The van der Waals surface area contributed by atoms with Gasteiger partial charge in [-0.3, -0.25) is 4.99 Å². The molecule has 0 heterocycles. The zero-order valence-electron chi connectivity index (χ0n) is 7.77. The fraction of sp³-hybridized carbons (Fsp3) is 0.889. The van der Waals surface area contributed by atoms with E-state index in [-0.39, 0.29) is 0 Å². The molecule has 0 unspecified atom stereocenters. The summed E-state index contributed by atoms with van der Waals surface area (Å²) < 4.78 is 0. The normalized spacial score (nSPS) is 12.0. The first-order valence-corrected chi connectivity index (χ1v) is 4.60. The third-order valence-electron chi connectivity index (χ3n) is 1.57. The zero-order valence-corrected chi connectivity index (χ0v) is 7.77. The van der Waals surface area contributed by atoms with Gasteiger partial charge in [-0.1, -0.05) is 26.7 Å². The molecule has 0 spiro atoms. The van der Waals surface area contributed by atoms with Crippen LogP contribution in [0.25, 0.3) is 0 Å². The van der Waals surface area contributed by atoms with Crippen LogP contribution in [0.15, 0.2) is 4.99 Å². The number of hydrogen-bond acceptors (Lipinski definition) is 1. The van der Waals surface area contributed by atoms with Gasteiger partial charge < -0.3 is 5.73 Å². The van der Waals surface area contributed by atoms with Crippen LogP contribution in [0.5, 0.6) is 0 Å². The first-order valence-electron chi connectivity index (χ1n) is 4.60. The molecule has 2 N–H and O–H groups in total. The second kappa shape index (κ2) is 7.58. The lowest BCUT2D eigenvalue weighted by atomic mass is 10.2. The summed E-state index contributed by atoms with van der Waals surface area (Å²) in [4.78, 5) is 4.21. The van der Waals surface area contributed by atoms with Gasteiger partial charge in [0.25, 0.3) is 0 Å². The number of rotatable bonds is 6. The van der Waals surface area contributed by atoms with Crippen LogP contribution in [0.2, 0.25) is 0 Å². The molecule has 0 aromatic heterocycles. The molecule has 0 aliphatic heterocycles. The van der Waals surface area contributed by atoms with Crippen molar-refractivity contribution in [2.75, 3.05) is 6.54 Å². The number of nitrogens with zero attached hydrogens (tertiary/aromatic N) is 1. The third-order valence-corrected chi connectivity index (χ3v) is 1.57. The average Bonchev–Trinajstić information content (AvgIpc) is 2.01. The van der Waals surface area contributed by atoms with Gasteiger partial charge in [0, 0.05) is 13.0 Å². The van der Waals surface area contributed by atoms with Crippen molar-refractivity contribution in [2.24, 2.45) is 10.7 Å². The first-order chi connectivity index (χ1) is 5.31. The summed E-state index contributed by atoms with van der Waals surface area (Å²) in [6.07, 6.45) is 5.78. The fourth-order valence-corrected chi connectivity index (χ4v) is 0.891. The van der Waals surface area contributed by atoms with Gasteiger partial charge in [0.05, 0.1) is 5.84 Å². The summed E-state index contributed by atoms with van der Waals surface area (Å²) in [6.45, 7) is 5.19. The van der Waals surface area contributed by atoms with Crippen LogP contribution in [0.1, 0.15) is 46.0 Å². The van der Waals surface area contributed by atoms with Crippen LogP contribution in [-0.4, -0.2) is 12.4 Å². The highest BCUT2D eigenvalue weighted by Crippen LogP contribution is 1.98. The van der Waals surface area contributed by atoms with Crippen molar-refractivity contribution in [2.45, 2.75) is 46.0 Å². The van der Waals surface area contributed by atoms with E-state index in [0.717, 1.165) is 25.2 Å². The summed E-state index contributed by atoms with van der Waals surface area (Å²) >= 11 is 0. The van der Waals surface area contributed by atoms with Crippen molar-refractivity contribution in [1.82, 2.24) is 0 Å². The molecule has 2 nitrogen and oxygen atoms in total. The average molecular weight is 156 g/mol. The standard InChI is InChI=1S/C9H20N2/c1-3-5-6-7-9(10)11-8-4-2/h3-8H2,1-2H3,(H2,10,11).